The molecule has 25 heavy (non-hydrogen) atoms. The van der Waals surface area contributed by atoms with Crippen LogP contribution < -0.4 is 21.3 Å². The summed E-state index contributed by atoms with van der Waals surface area (Å²) in [6.07, 6.45) is 0. The summed E-state index contributed by atoms with van der Waals surface area (Å²) in [6, 6.07) is 12.0. The fourth-order valence-corrected chi connectivity index (χ4v) is 2.58. The van der Waals surface area contributed by atoms with Gasteiger partial charge in [0.15, 0.2) is 0 Å². The number of halogens is 1. The molecule has 0 fully saturated rings. The molecule has 2 amide bonds. The van der Waals surface area contributed by atoms with Crippen LogP contribution in [0.3, 0.4) is 0 Å². The van der Waals surface area contributed by atoms with E-state index in [1.807, 2.05) is 12.1 Å². The van der Waals surface area contributed by atoms with Crippen molar-refractivity contribution in [2.75, 3.05) is 34.4 Å². The molecule has 0 unspecified atom stereocenters. The number of nitrogens with zero attached hydrogens (tertiary/aromatic N) is 1. The molecule has 0 aliphatic heterocycles. The molecule has 0 aromatic heterocycles. The van der Waals surface area contributed by atoms with Gasteiger partial charge in [-0.05, 0) is 56.3 Å². The van der Waals surface area contributed by atoms with Gasteiger partial charge in [-0.2, -0.15) is 0 Å². The third-order valence-electron chi connectivity index (χ3n) is 3.70. The molecule has 0 bridgehead atoms. The summed E-state index contributed by atoms with van der Waals surface area (Å²) < 4.78 is 0. The summed E-state index contributed by atoms with van der Waals surface area (Å²) in [5, 5.41) is 5.28. The fourth-order valence-electron chi connectivity index (χ4n) is 2.34. The van der Waals surface area contributed by atoms with Gasteiger partial charge in [0.25, 0.3) is 0 Å². The molecule has 0 spiro atoms. The van der Waals surface area contributed by atoms with Crippen molar-refractivity contribution in [3.8, 4) is 0 Å². The van der Waals surface area contributed by atoms with Gasteiger partial charge in [-0.25, -0.2) is 0 Å². The first-order valence-electron chi connectivity index (χ1n) is 7.97. The first-order valence-corrected chi connectivity index (χ1v) is 8.34. The molecule has 4 N–H and O–H groups in total. The summed E-state index contributed by atoms with van der Waals surface area (Å²) >= 11 is 5.98. The monoisotopic (exact) mass is 360 g/mol. The van der Waals surface area contributed by atoms with Crippen molar-refractivity contribution in [1.82, 2.24) is 0 Å². The summed E-state index contributed by atoms with van der Waals surface area (Å²) in [6.45, 7) is 5.94. The Morgan fingerprint density at radius 2 is 1.60 bits per heavy atom. The van der Waals surface area contributed by atoms with Crippen LogP contribution in [0.5, 0.6) is 0 Å². The van der Waals surface area contributed by atoms with Gasteiger partial charge in [0.1, 0.15) is 0 Å². The number of carbonyl (C=O) groups excluding carboxylic acids is 2. The molecule has 7 heteroatoms. The third kappa shape index (κ3) is 4.87. The predicted octanol–water partition coefficient (Wildman–Crippen LogP) is 3.35. The van der Waals surface area contributed by atoms with Gasteiger partial charge in [-0.3, -0.25) is 9.59 Å². The normalized spacial score (nSPS) is 10.2. The summed E-state index contributed by atoms with van der Waals surface area (Å²) in [5.41, 5.74) is 7.99. The molecular weight excluding hydrogens is 340 g/mol. The summed E-state index contributed by atoms with van der Waals surface area (Å²) in [7, 11) is 0. The van der Waals surface area contributed by atoms with Crippen molar-refractivity contribution in [3.63, 3.8) is 0 Å². The Balaban J connectivity index is 2.00. The smallest absolute Gasteiger partial charge is 0.314 e. The standard InChI is InChI=1S/C18H21ClN4O2/c1-3-23(4-2)14-8-6-13(7-9-14)21-17(24)18(25)22-16-10-5-12(20)11-15(16)19/h5-11H,3-4,20H2,1-2H3,(H,21,24)(H,22,25). The number of hydrogen-bond acceptors (Lipinski definition) is 4. The number of nitrogens with one attached hydrogen (secondary N) is 2. The van der Waals surface area contributed by atoms with Gasteiger partial charge in [0.05, 0.1) is 10.7 Å². The average Bonchev–Trinajstić information content (AvgIpc) is 2.59. The largest absolute Gasteiger partial charge is 0.399 e. The molecule has 6 nitrogen and oxygen atoms in total. The zero-order valence-electron chi connectivity index (χ0n) is 14.2. The van der Waals surface area contributed by atoms with Crippen molar-refractivity contribution in [3.05, 3.63) is 47.5 Å². The van der Waals surface area contributed by atoms with E-state index in [9.17, 15) is 9.59 Å². The minimum Gasteiger partial charge on any atom is -0.399 e. The predicted molar refractivity (Wildman–Crippen MR) is 103 cm³/mol. The molecule has 0 saturated carbocycles. The second-order valence-corrected chi connectivity index (χ2v) is 5.77. The Hall–Kier alpha value is -2.73. The number of benzene rings is 2. The lowest BCUT2D eigenvalue weighted by Gasteiger charge is -2.21. The first-order chi connectivity index (χ1) is 11.9. The van der Waals surface area contributed by atoms with E-state index in [4.69, 9.17) is 17.3 Å². The molecule has 0 atom stereocenters. The number of amides is 2. The van der Waals surface area contributed by atoms with Crippen LogP contribution in [0.1, 0.15) is 13.8 Å². The topological polar surface area (TPSA) is 87.5 Å². The van der Waals surface area contributed by atoms with Crippen LogP contribution in [0.25, 0.3) is 0 Å². The van der Waals surface area contributed by atoms with E-state index in [2.05, 4.69) is 29.4 Å². The molecule has 2 aromatic carbocycles. The Bertz CT molecular complexity index is 758. The number of rotatable bonds is 5. The Morgan fingerprint density at radius 1 is 1.00 bits per heavy atom. The molecule has 0 heterocycles. The van der Waals surface area contributed by atoms with E-state index in [-0.39, 0.29) is 5.02 Å². The number of carbonyl (C=O) groups is 2. The van der Waals surface area contributed by atoms with Crippen LogP contribution in [0.15, 0.2) is 42.5 Å². The highest BCUT2D eigenvalue weighted by Gasteiger charge is 2.15. The van der Waals surface area contributed by atoms with Gasteiger partial charge >= 0.3 is 11.8 Å². The second kappa shape index (κ2) is 8.39. The first kappa shape index (κ1) is 18.6. The van der Waals surface area contributed by atoms with Crippen LogP contribution in [0, 0.1) is 0 Å². The number of nitrogen functional groups attached to an aromatic ring is 1. The molecule has 0 radical (unpaired) electrons. The molecule has 0 aliphatic rings. The van der Waals surface area contributed by atoms with E-state index >= 15 is 0 Å². The van der Waals surface area contributed by atoms with Gasteiger partial charge in [-0.15, -0.1) is 0 Å². The Morgan fingerprint density at radius 3 is 2.16 bits per heavy atom. The van der Waals surface area contributed by atoms with Crippen LogP contribution in [0.4, 0.5) is 22.7 Å². The van der Waals surface area contributed by atoms with Crippen molar-refractivity contribution >= 4 is 46.2 Å². The molecule has 2 rings (SSSR count). The van der Waals surface area contributed by atoms with Crippen molar-refractivity contribution < 1.29 is 9.59 Å². The van der Waals surface area contributed by atoms with Crippen LogP contribution in [-0.4, -0.2) is 24.9 Å². The van der Waals surface area contributed by atoms with E-state index in [1.54, 1.807) is 24.3 Å². The molecule has 2 aromatic rings. The van der Waals surface area contributed by atoms with Crippen LogP contribution >= 0.6 is 11.6 Å². The van der Waals surface area contributed by atoms with Gasteiger partial charge in [0, 0.05) is 30.2 Å². The minimum absolute atomic E-state index is 0.268. The fraction of sp³-hybridized carbons (Fsp3) is 0.222. The highest BCUT2D eigenvalue weighted by atomic mass is 35.5. The van der Waals surface area contributed by atoms with Crippen molar-refractivity contribution in [2.24, 2.45) is 0 Å². The van der Waals surface area contributed by atoms with Crippen LogP contribution in [-0.2, 0) is 9.59 Å². The Labute approximate surface area is 152 Å². The Kier molecular flexibility index (Phi) is 6.25. The van der Waals surface area contributed by atoms with Crippen molar-refractivity contribution in [1.29, 1.82) is 0 Å². The number of hydrogen-bond donors (Lipinski definition) is 3. The lowest BCUT2D eigenvalue weighted by Crippen LogP contribution is -2.29. The highest BCUT2D eigenvalue weighted by Crippen LogP contribution is 2.24. The number of nitrogens with two attached hydrogens (primary N) is 1. The maximum absolute atomic E-state index is 12.0. The summed E-state index contributed by atoms with van der Waals surface area (Å²) in [4.78, 5) is 26.2. The maximum atomic E-state index is 12.0. The molecule has 132 valence electrons. The van der Waals surface area contributed by atoms with Crippen molar-refractivity contribution in [2.45, 2.75) is 13.8 Å². The minimum atomic E-state index is -0.806. The zero-order valence-corrected chi connectivity index (χ0v) is 14.9. The molecule has 0 aliphatic carbocycles. The van der Waals surface area contributed by atoms with E-state index in [1.165, 1.54) is 6.07 Å². The van der Waals surface area contributed by atoms with Gasteiger partial charge in [0.2, 0.25) is 0 Å². The third-order valence-corrected chi connectivity index (χ3v) is 4.01. The van der Waals surface area contributed by atoms with E-state index in [0.717, 1.165) is 18.8 Å². The van der Waals surface area contributed by atoms with Gasteiger partial charge in [-0.1, -0.05) is 11.6 Å². The SMILES string of the molecule is CCN(CC)c1ccc(NC(=O)C(=O)Nc2ccc(N)cc2Cl)cc1. The van der Waals surface area contributed by atoms with Gasteiger partial charge < -0.3 is 21.3 Å². The highest BCUT2D eigenvalue weighted by molar-refractivity contribution is 6.44. The lowest BCUT2D eigenvalue weighted by molar-refractivity contribution is -0.132. The second-order valence-electron chi connectivity index (χ2n) is 5.37. The van der Waals surface area contributed by atoms with E-state index in [0.29, 0.717) is 17.1 Å². The zero-order chi connectivity index (χ0) is 18.4. The molecule has 0 saturated heterocycles. The average molecular weight is 361 g/mol. The maximum Gasteiger partial charge on any atom is 0.314 e. The lowest BCUT2D eigenvalue weighted by atomic mass is 10.2. The quantitative estimate of drug-likeness (QED) is 0.563. The van der Waals surface area contributed by atoms with E-state index < -0.39 is 11.8 Å². The number of anilines is 4. The molecular formula is C18H21ClN4O2. The van der Waals surface area contributed by atoms with Crippen LogP contribution in [0.2, 0.25) is 5.02 Å². The summed E-state index contributed by atoms with van der Waals surface area (Å²) in [5.74, 6) is -1.58.